The number of carbonyl (C=O) groups is 2. The molecule has 1 aliphatic heterocycles. The number of nitrogens with zero attached hydrogens (tertiary/aromatic N) is 1. The molecule has 0 radical (unpaired) electrons. The molecular formula is C15H19NO4. The second-order valence-electron chi connectivity index (χ2n) is 5.66. The first-order valence-electron chi connectivity index (χ1n) is 7.08. The summed E-state index contributed by atoms with van der Waals surface area (Å²) in [5, 5.41) is 0. The second-order valence-corrected chi connectivity index (χ2v) is 5.66. The van der Waals surface area contributed by atoms with Crippen LogP contribution in [-0.4, -0.2) is 42.4 Å². The standard InChI is InChI=1S/C15H19NO4/c1-9-7-10(2)20-14(9)15(18)16-5-6-19-12(8-16)13(17)11-3-4-11/h7,11-12H,3-6,8H2,1-2H3/t12-/m1/s1. The minimum absolute atomic E-state index is 0.146. The zero-order valence-electron chi connectivity index (χ0n) is 11.8. The molecule has 5 heteroatoms. The molecule has 2 aliphatic rings. The van der Waals surface area contributed by atoms with Gasteiger partial charge in [0, 0.05) is 18.0 Å². The molecule has 1 amide bonds. The largest absolute Gasteiger partial charge is 0.456 e. The van der Waals surface area contributed by atoms with Crippen LogP contribution in [0.1, 0.15) is 34.7 Å². The van der Waals surface area contributed by atoms with Gasteiger partial charge in [0.2, 0.25) is 0 Å². The van der Waals surface area contributed by atoms with Gasteiger partial charge in [0.25, 0.3) is 5.91 Å². The molecule has 20 heavy (non-hydrogen) atoms. The van der Waals surface area contributed by atoms with Crippen molar-refractivity contribution in [1.29, 1.82) is 0 Å². The summed E-state index contributed by atoms with van der Waals surface area (Å²) in [7, 11) is 0. The summed E-state index contributed by atoms with van der Waals surface area (Å²) in [4.78, 5) is 26.2. The summed E-state index contributed by atoms with van der Waals surface area (Å²) in [5.41, 5.74) is 0.837. The molecule has 0 N–H and O–H groups in total. The molecule has 0 spiro atoms. The Morgan fingerprint density at radius 3 is 2.65 bits per heavy atom. The van der Waals surface area contributed by atoms with Crippen LogP contribution in [0.2, 0.25) is 0 Å². The van der Waals surface area contributed by atoms with E-state index in [1.807, 2.05) is 19.9 Å². The van der Waals surface area contributed by atoms with E-state index in [1.54, 1.807) is 4.90 Å². The van der Waals surface area contributed by atoms with E-state index in [4.69, 9.17) is 9.15 Å². The van der Waals surface area contributed by atoms with E-state index in [1.165, 1.54) is 0 Å². The molecule has 108 valence electrons. The fourth-order valence-corrected chi connectivity index (χ4v) is 2.63. The molecule has 3 rings (SSSR count). The van der Waals surface area contributed by atoms with Gasteiger partial charge in [0.15, 0.2) is 11.5 Å². The quantitative estimate of drug-likeness (QED) is 0.844. The lowest BCUT2D eigenvalue weighted by molar-refractivity contribution is -0.136. The van der Waals surface area contributed by atoms with Crippen molar-refractivity contribution < 1.29 is 18.7 Å². The number of furan rings is 1. The number of Topliss-reactive ketones (excluding diaryl/α,β-unsaturated/α-hetero) is 1. The Morgan fingerprint density at radius 1 is 1.30 bits per heavy atom. The molecule has 2 heterocycles. The van der Waals surface area contributed by atoms with E-state index in [0.29, 0.717) is 25.5 Å². The van der Waals surface area contributed by atoms with E-state index in [0.717, 1.165) is 24.2 Å². The van der Waals surface area contributed by atoms with Gasteiger partial charge in [-0.05, 0) is 32.8 Å². The number of amides is 1. The van der Waals surface area contributed by atoms with E-state index >= 15 is 0 Å². The lowest BCUT2D eigenvalue weighted by Crippen LogP contribution is -2.49. The monoisotopic (exact) mass is 277 g/mol. The summed E-state index contributed by atoms with van der Waals surface area (Å²) in [6, 6.07) is 1.85. The maximum absolute atomic E-state index is 12.5. The van der Waals surface area contributed by atoms with Crippen LogP contribution in [0.15, 0.2) is 10.5 Å². The van der Waals surface area contributed by atoms with Crippen LogP contribution < -0.4 is 0 Å². The van der Waals surface area contributed by atoms with Crippen molar-refractivity contribution in [2.24, 2.45) is 5.92 Å². The highest BCUT2D eigenvalue weighted by Crippen LogP contribution is 2.32. The van der Waals surface area contributed by atoms with Crippen LogP contribution in [0, 0.1) is 19.8 Å². The Morgan fingerprint density at radius 2 is 2.05 bits per heavy atom. The molecule has 1 atom stereocenters. The summed E-state index contributed by atoms with van der Waals surface area (Å²) < 4.78 is 11.0. The predicted octanol–water partition coefficient (Wildman–Crippen LogP) is 1.72. The maximum atomic E-state index is 12.5. The summed E-state index contributed by atoms with van der Waals surface area (Å²) >= 11 is 0. The summed E-state index contributed by atoms with van der Waals surface area (Å²) in [6.07, 6.45) is 1.46. The van der Waals surface area contributed by atoms with Crippen LogP contribution >= 0.6 is 0 Å². The fourth-order valence-electron chi connectivity index (χ4n) is 2.63. The Bertz CT molecular complexity index is 544. The average Bonchev–Trinajstić information content (AvgIpc) is 3.23. The number of morpholine rings is 1. The highest BCUT2D eigenvalue weighted by Gasteiger charge is 2.39. The van der Waals surface area contributed by atoms with Crippen molar-refractivity contribution in [2.75, 3.05) is 19.7 Å². The third-order valence-corrected chi connectivity index (χ3v) is 3.89. The highest BCUT2D eigenvalue weighted by atomic mass is 16.5. The minimum atomic E-state index is -0.462. The van der Waals surface area contributed by atoms with Crippen LogP contribution in [0.3, 0.4) is 0 Å². The number of carbonyl (C=O) groups excluding carboxylic acids is 2. The van der Waals surface area contributed by atoms with E-state index in [-0.39, 0.29) is 17.6 Å². The lowest BCUT2D eigenvalue weighted by atomic mass is 10.1. The molecular weight excluding hydrogens is 258 g/mol. The highest BCUT2D eigenvalue weighted by molar-refractivity contribution is 5.94. The topological polar surface area (TPSA) is 59.8 Å². The molecule has 0 aromatic carbocycles. The Kier molecular flexibility index (Phi) is 3.38. The lowest BCUT2D eigenvalue weighted by Gasteiger charge is -2.31. The van der Waals surface area contributed by atoms with Gasteiger partial charge in [0.05, 0.1) is 13.2 Å². The van der Waals surface area contributed by atoms with E-state index in [9.17, 15) is 9.59 Å². The first-order chi connectivity index (χ1) is 9.56. The Balaban J connectivity index is 1.71. The number of hydrogen-bond donors (Lipinski definition) is 0. The molecule has 0 bridgehead atoms. The van der Waals surface area contributed by atoms with E-state index in [2.05, 4.69) is 0 Å². The number of rotatable bonds is 3. The van der Waals surface area contributed by atoms with Crippen molar-refractivity contribution >= 4 is 11.7 Å². The van der Waals surface area contributed by atoms with Crippen LogP contribution in [0.5, 0.6) is 0 Å². The van der Waals surface area contributed by atoms with Crippen molar-refractivity contribution in [2.45, 2.75) is 32.8 Å². The molecule has 1 aromatic heterocycles. The first kappa shape index (κ1) is 13.4. The number of ketones is 1. The number of ether oxygens (including phenoxy) is 1. The third-order valence-electron chi connectivity index (χ3n) is 3.89. The molecule has 1 aliphatic carbocycles. The van der Waals surface area contributed by atoms with Crippen molar-refractivity contribution in [3.63, 3.8) is 0 Å². The second kappa shape index (κ2) is 5.05. The van der Waals surface area contributed by atoms with Crippen LogP contribution in [-0.2, 0) is 9.53 Å². The minimum Gasteiger partial charge on any atom is -0.456 e. The predicted molar refractivity (Wildman–Crippen MR) is 71.6 cm³/mol. The van der Waals surface area contributed by atoms with Crippen molar-refractivity contribution in [3.8, 4) is 0 Å². The van der Waals surface area contributed by atoms with E-state index < -0.39 is 6.10 Å². The SMILES string of the molecule is Cc1cc(C)c(C(=O)N2CCO[C@@H](C(=O)C3CC3)C2)o1. The van der Waals surface area contributed by atoms with Crippen molar-refractivity contribution in [1.82, 2.24) is 4.90 Å². The van der Waals surface area contributed by atoms with Gasteiger partial charge in [-0.15, -0.1) is 0 Å². The molecule has 5 nitrogen and oxygen atoms in total. The molecule has 1 aromatic rings. The number of aryl methyl sites for hydroxylation is 2. The number of hydrogen-bond acceptors (Lipinski definition) is 4. The van der Waals surface area contributed by atoms with Gasteiger partial charge in [-0.25, -0.2) is 0 Å². The summed E-state index contributed by atoms with van der Waals surface area (Å²) in [5.74, 6) is 1.26. The van der Waals surface area contributed by atoms with Gasteiger partial charge in [-0.1, -0.05) is 0 Å². The average molecular weight is 277 g/mol. The smallest absolute Gasteiger partial charge is 0.290 e. The zero-order valence-corrected chi connectivity index (χ0v) is 11.8. The van der Waals surface area contributed by atoms with Crippen LogP contribution in [0.25, 0.3) is 0 Å². The zero-order chi connectivity index (χ0) is 14.3. The maximum Gasteiger partial charge on any atom is 0.290 e. The third kappa shape index (κ3) is 2.50. The Hall–Kier alpha value is -1.62. The van der Waals surface area contributed by atoms with Crippen LogP contribution in [0.4, 0.5) is 0 Å². The fraction of sp³-hybridized carbons (Fsp3) is 0.600. The molecule has 2 fully saturated rings. The van der Waals surface area contributed by atoms with Gasteiger partial charge in [0.1, 0.15) is 11.9 Å². The van der Waals surface area contributed by atoms with Gasteiger partial charge in [-0.3, -0.25) is 9.59 Å². The van der Waals surface area contributed by atoms with Gasteiger partial charge in [-0.2, -0.15) is 0 Å². The summed E-state index contributed by atoms with van der Waals surface area (Å²) in [6.45, 7) is 4.94. The normalized spacial score (nSPS) is 22.9. The molecule has 1 saturated heterocycles. The molecule has 1 saturated carbocycles. The van der Waals surface area contributed by atoms with Gasteiger partial charge < -0.3 is 14.1 Å². The van der Waals surface area contributed by atoms with Crippen molar-refractivity contribution in [3.05, 3.63) is 23.2 Å². The van der Waals surface area contributed by atoms with Gasteiger partial charge >= 0.3 is 0 Å². The Labute approximate surface area is 117 Å². The first-order valence-corrected chi connectivity index (χ1v) is 7.08. The molecule has 0 unspecified atom stereocenters.